The third kappa shape index (κ3) is 4.92. The molecule has 0 spiro atoms. The minimum absolute atomic E-state index is 0.0766. The molecular weight excluding hydrogens is 505 g/mol. The van der Waals surface area contributed by atoms with Crippen LogP contribution in [0.1, 0.15) is 25.0 Å². The first-order valence-electron chi connectivity index (χ1n) is 11.7. The first-order chi connectivity index (χ1) is 17.2. The number of rotatable bonds is 6. The van der Waals surface area contributed by atoms with Gasteiger partial charge >= 0.3 is 0 Å². The maximum atomic E-state index is 14.4. The normalized spacial score (nSPS) is 19.2. The molecule has 0 bridgehead atoms. The van der Waals surface area contributed by atoms with Crippen molar-refractivity contribution in [3.8, 4) is 17.1 Å². The number of sulfone groups is 1. The first kappa shape index (κ1) is 24.6. The van der Waals surface area contributed by atoms with Gasteiger partial charge in [-0.15, -0.1) is 0 Å². The molecule has 1 amide bonds. The standard InChI is InChI=1S/C24H26FN5O4S2/c1-15-18(4-3-10-26-15)22-27-24(35-28-22)29-11-7-16(8-12-29)30-13-9-21(23(30)31)34-20-6-5-17(14-19(20)25)36(2,32)33/h3-6,10,14,16,21H,7-9,11-13H2,1-2H3/t21-/m0/s1. The second-order valence-electron chi connectivity index (χ2n) is 9.05. The number of carbonyl (C=O) groups is 1. The fraction of sp³-hybridized carbons (Fsp3) is 0.417. The summed E-state index contributed by atoms with van der Waals surface area (Å²) in [6.45, 7) is 3.98. The predicted molar refractivity (Wildman–Crippen MR) is 133 cm³/mol. The van der Waals surface area contributed by atoms with Gasteiger partial charge < -0.3 is 14.5 Å². The minimum Gasteiger partial charge on any atom is -0.477 e. The van der Waals surface area contributed by atoms with Crippen LogP contribution in [0.4, 0.5) is 9.52 Å². The number of anilines is 1. The number of piperidine rings is 1. The van der Waals surface area contributed by atoms with Gasteiger partial charge in [0, 0.05) is 67.3 Å². The van der Waals surface area contributed by atoms with Crippen LogP contribution in [0.3, 0.4) is 0 Å². The molecule has 1 atom stereocenters. The second-order valence-corrected chi connectivity index (χ2v) is 11.8. The summed E-state index contributed by atoms with van der Waals surface area (Å²) in [6.07, 6.45) is 4.01. The number of aromatic nitrogens is 3. The Morgan fingerprint density at radius 1 is 1.14 bits per heavy atom. The van der Waals surface area contributed by atoms with E-state index in [2.05, 4.69) is 14.3 Å². The van der Waals surface area contributed by atoms with Crippen molar-refractivity contribution in [2.45, 2.75) is 43.2 Å². The molecule has 0 saturated carbocycles. The van der Waals surface area contributed by atoms with E-state index in [1.165, 1.54) is 23.7 Å². The molecule has 12 heteroatoms. The first-order valence-corrected chi connectivity index (χ1v) is 14.3. The summed E-state index contributed by atoms with van der Waals surface area (Å²) in [4.78, 5) is 25.9. The van der Waals surface area contributed by atoms with Crippen molar-refractivity contribution in [1.29, 1.82) is 0 Å². The van der Waals surface area contributed by atoms with Crippen LogP contribution in [0.2, 0.25) is 0 Å². The molecule has 2 aliphatic heterocycles. The van der Waals surface area contributed by atoms with Crippen LogP contribution in [0.5, 0.6) is 5.75 Å². The summed E-state index contributed by atoms with van der Waals surface area (Å²) >= 11 is 1.36. The van der Waals surface area contributed by atoms with Gasteiger partial charge in [-0.3, -0.25) is 9.78 Å². The van der Waals surface area contributed by atoms with E-state index in [1.807, 2.05) is 24.0 Å². The molecule has 0 aliphatic carbocycles. The van der Waals surface area contributed by atoms with Gasteiger partial charge in [0.1, 0.15) is 0 Å². The van der Waals surface area contributed by atoms with E-state index in [-0.39, 0.29) is 22.6 Å². The highest BCUT2D eigenvalue weighted by Gasteiger charge is 2.39. The van der Waals surface area contributed by atoms with Crippen LogP contribution in [0.15, 0.2) is 41.4 Å². The molecule has 190 valence electrons. The van der Waals surface area contributed by atoms with Gasteiger partial charge in [0.05, 0.1) is 4.90 Å². The number of pyridine rings is 1. The molecule has 2 aliphatic rings. The average molecular weight is 532 g/mol. The largest absolute Gasteiger partial charge is 0.477 e. The number of benzene rings is 1. The Morgan fingerprint density at radius 2 is 1.92 bits per heavy atom. The van der Waals surface area contributed by atoms with E-state index >= 15 is 0 Å². The lowest BCUT2D eigenvalue weighted by atomic mass is 10.0. The lowest BCUT2D eigenvalue weighted by Crippen LogP contribution is -2.47. The lowest BCUT2D eigenvalue weighted by Gasteiger charge is -2.36. The quantitative estimate of drug-likeness (QED) is 0.478. The fourth-order valence-electron chi connectivity index (χ4n) is 4.65. The van der Waals surface area contributed by atoms with Crippen molar-refractivity contribution >= 4 is 32.4 Å². The zero-order valence-corrected chi connectivity index (χ0v) is 21.6. The number of ether oxygens (including phenoxy) is 1. The molecule has 4 heterocycles. The number of hydrogen-bond donors (Lipinski definition) is 0. The summed E-state index contributed by atoms with van der Waals surface area (Å²) in [5, 5.41) is 0.855. The zero-order chi connectivity index (χ0) is 25.4. The van der Waals surface area contributed by atoms with E-state index in [4.69, 9.17) is 9.72 Å². The molecule has 2 saturated heterocycles. The Kier molecular flexibility index (Phi) is 6.64. The monoisotopic (exact) mass is 531 g/mol. The minimum atomic E-state index is -3.53. The summed E-state index contributed by atoms with van der Waals surface area (Å²) in [5.41, 5.74) is 1.81. The second kappa shape index (κ2) is 9.74. The van der Waals surface area contributed by atoms with E-state index in [1.54, 1.807) is 6.20 Å². The third-order valence-electron chi connectivity index (χ3n) is 6.63. The average Bonchev–Trinajstić information content (AvgIpc) is 3.48. The number of halogens is 1. The molecule has 9 nitrogen and oxygen atoms in total. The summed E-state index contributed by atoms with van der Waals surface area (Å²) < 4.78 is 47.8. The van der Waals surface area contributed by atoms with Gasteiger partial charge in [-0.05, 0) is 50.1 Å². The van der Waals surface area contributed by atoms with Crippen LogP contribution < -0.4 is 9.64 Å². The summed E-state index contributed by atoms with van der Waals surface area (Å²) in [7, 11) is -3.53. The maximum absolute atomic E-state index is 14.4. The van der Waals surface area contributed by atoms with Gasteiger partial charge in [-0.2, -0.15) is 9.36 Å². The van der Waals surface area contributed by atoms with Crippen molar-refractivity contribution in [2.75, 3.05) is 30.8 Å². The number of aryl methyl sites for hydroxylation is 1. The number of likely N-dealkylation sites (tertiary alicyclic amines) is 1. The van der Waals surface area contributed by atoms with Crippen molar-refractivity contribution < 1.29 is 22.3 Å². The predicted octanol–water partition coefficient (Wildman–Crippen LogP) is 3.10. The zero-order valence-electron chi connectivity index (χ0n) is 19.9. The number of carbonyl (C=O) groups excluding carboxylic acids is 1. The van der Waals surface area contributed by atoms with Gasteiger partial charge in [0.15, 0.2) is 33.3 Å². The number of amides is 1. The van der Waals surface area contributed by atoms with E-state index in [0.717, 1.165) is 54.6 Å². The topological polar surface area (TPSA) is 106 Å². The third-order valence-corrected chi connectivity index (χ3v) is 8.52. The van der Waals surface area contributed by atoms with Crippen molar-refractivity contribution in [3.63, 3.8) is 0 Å². The van der Waals surface area contributed by atoms with Crippen molar-refractivity contribution in [1.82, 2.24) is 19.2 Å². The highest BCUT2D eigenvalue weighted by atomic mass is 32.2. The Morgan fingerprint density at radius 3 is 2.61 bits per heavy atom. The number of hydrogen-bond acceptors (Lipinski definition) is 9. The Bertz CT molecular complexity index is 1390. The molecule has 36 heavy (non-hydrogen) atoms. The van der Waals surface area contributed by atoms with Gasteiger partial charge in [0.2, 0.25) is 5.13 Å². The number of nitrogens with zero attached hydrogens (tertiary/aromatic N) is 5. The summed E-state index contributed by atoms with van der Waals surface area (Å²) in [6, 6.07) is 7.39. The van der Waals surface area contributed by atoms with Crippen molar-refractivity contribution in [2.24, 2.45) is 0 Å². The van der Waals surface area contributed by atoms with Crippen LogP contribution >= 0.6 is 11.5 Å². The molecule has 2 aromatic heterocycles. The van der Waals surface area contributed by atoms with Crippen LogP contribution in [0, 0.1) is 12.7 Å². The molecule has 1 aromatic carbocycles. The van der Waals surface area contributed by atoms with Gasteiger partial charge in [-0.1, -0.05) is 0 Å². The highest BCUT2D eigenvalue weighted by molar-refractivity contribution is 7.90. The molecule has 2 fully saturated rings. The lowest BCUT2D eigenvalue weighted by molar-refractivity contribution is -0.135. The van der Waals surface area contributed by atoms with Crippen LogP contribution in [-0.2, 0) is 14.6 Å². The van der Waals surface area contributed by atoms with Crippen molar-refractivity contribution in [3.05, 3.63) is 48.0 Å². The van der Waals surface area contributed by atoms with Gasteiger partial charge in [0.25, 0.3) is 5.91 Å². The van der Waals surface area contributed by atoms with E-state index in [0.29, 0.717) is 18.8 Å². The van der Waals surface area contributed by atoms with Crippen LogP contribution in [-0.4, -0.2) is 71.6 Å². The smallest absolute Gasteiger partial charge is 0.263 e. The van der Waals surface area contributed by atoms with Gasteiger partial charge in [-0.25, -0.2) is 12.8 Å². The maximum Gasteiger partial charge on any atom is 0.263 e. The molecule has 0 unspecified atom stereocenters. The van der Waals surface area contributed by atoms with E-state index in [9.17, 15) is 17.6 Å². The fourth-order valence-corrected chi connectivity index (χ4v) is 6.02. The molecule has 3 aromatic rings. The Hall–Kier alpha value is -3.12. The summed E-state index contributed by atoms with van der Waals surface area (Å²) in [5.74, 6) is -0.400. The SMILES string of the molecule is Cc1ncccc1-c1nsc(N2CCC(N3CC[C@H](Oc4ccc(S(C)(=O)=O)cc4F)C3=O)CC2)n1. The van der Waals surface area contributed by atoms with Crippen LogP contribution in [0.25, 0.3) is 11.4 Å². The molecule has 0 radical (unpaired) electrons. The molecule has 0 N–H and O–H groups in total. The highest BCUT2D eigenvalue weighted by Crippen LogP contribution is 2.31. The Labute approximate surface area is 213 Å². The molecular formula is C24H26FN5O4S2. The Balaban J connectivity index is 1.18. The molecule has 5 rings (SSSR count). The van der Waals surface area contributed by atoms with E-state index < -0.39 is 21.8 Å².